The van der Waals surface area contributed by atoms with Gasteiger partial charge in [0, 0.05) is 23.2 Å². The summed E-state index contributed by atoms with van der Waals surface area (Å²) >= 11 is 0. The quantitative estimate of drug-likeness (QED) is 0.676. The number of fused-ring (bicyclic) bond motifs is 1. The second-order valence-corrected chi connectivity index (χ2v) is 6.16. The number of carboxylic acids is 1. The van der Waals surface area contributed by atoms with Crippen molar-refractivity contribution in [1.29, 1.82) is 0 Å². The summed E-state index contributed by atoms with van der Waals surface area (Å²) < 4.78 is 36.9. The van der Waals surface area contributed by atoms with E-state index in [2.05, 4.69) is 5.32 Å². The molecule has 0 radical (unpaired) electrons. The van der Waals surface area contributed by atoms with Crippen molar-refractivity contribution in [1.82, 2.24) is 0 Å². The number of rotatable bonds is 4. The van der Waals surface area contributed by atoms with E-state index in [9.17, 15) is 22.8 Å². The van der Waals surface area contributed by atoms with Gasteiger partial charge >= 0.3 is 17.8 Å². The number of aliphatic carboxylic acids is 1. The highest BCUT2D eigenvalue weighted by atomic mass is 19.4. The largest absolute Gasteiger partial charge is 0.490 e. The molecular weight excluding hydrogens is 381 g/mol. The van der Waals surface area contributed by atoms with Gasteiger partial charge in [0.2, 0.25) is 5.91 Å². The Hall–Kier alpha value is -2.88. The Morgan fingerprint density at radius 1 is 1.29 bits per heavy atom. The van der Waals surface area contributed by atoms with Gasteiger partial charge in [-0.1, -0.05) is 20.3 Å². The van der Waals surface area contributed by atoms with Crippen LogP contribution in [-0.4, -0.2) is 29.2 Å². The van der Waals surface area contributed by atoms with Gasteiger partial charge in [0.1, 0.15) is 5.58 Å². The number of hydrogen-bond donors (Lipinski definition) is 3. The van der Waals surface area contributed by atoms with Crippen LogP contribution < -0.4 is 16.7 Å². The maximum Gasteiger partial charge on any atom is 0.490 e. The average molecular weight is 402 g/mol. The third-order valence-corrected chi connectivity index (χ3v) is 4.02. The van der Waals surface area contributed by atoms with Gasteiger partial charge in [0.05, 0.1) is 6.04 Å². The molecule has 0 saturated heterocycles. The molecule has 10 heteroatoms. The number of anilines is 1. The SMILES string of the molecule is CCC(C)C(N)C(=O)Nc1ccc2c(C)cc(=O)oc2c1.O=C(O)C(F)(F)F. The summed E-state index contributed by atoms with van der Waals surface area (Å²) in [4.78, 5) is 32.4. The number of amides is 1. The van der Waals surface area contributed by atoms with Crippen LogP contribution in [0.3, 0.4) is 0 Å². The summed E-state index contributed by atoms with van der Waals surface area (Å²) in [5, 5.41) is 10.7. The molecule has 2 atom stereocenters. The molecule has 154 valence electrons. The lowest BCUT2D eigenvalue weighted by Gasteiger charge is -2.17. The Labute approximate surface area is 158 Å². The minimum Gasteiger partial charge on any atom is -0.475 e. The van der Waals surface area contributed by atoms with Crippen molar-refractivity contribution in [3.05, 3.63) is 40.2 Å². The van der Waals surface area contributed by atoms with Gasteiger partial charge in [-0.3, -0.25) is 4.79 Å². The molecule has 2 aromatic rings. The molecule has 28 heavy (non-hydrogen) atoms. The van der Waals surface area contributed by atoms with E-state index in [-0.39, 0.29) is 11.8 Å². The van der Waals surface area contributed by atoms with E-state index in [0.717, 1.165) is 17.4 Å². The molecule has 1 aromatic heterocycles. The maximum atomic E-state index is 12.1. The molecule has 0 spiro atoms. The van der Waals surface area contributed by atoms with Crippen molar-refractivity contribution in [2.45, 2.75) is 39.4 Å². The first kappa shape index (κ1) is 23.2. The zero-order valence-corrected chi connectivity index (χ0v) is 15.5. The van der Waals surface area contributed by atoms with E-state index in [1.165, 1.54) is 6.07 Å². The van der Waals surface area contributed by atoms with Crippen molar-refractivity contribution in [2.24, 2.45) is 11.7 Å². The summed E-state index contributed by atoms with van der Waals surface area (Å²) in [6, 6.07) is 6.12. The topological polar surface area (TPSA) is 123 Å². The van der Waals surface area contributed by atoms with Gasteiger partial charge in [-0.2, -0.15) is 13.2 Å². The summed E-state index contributed by atoms with van der Waals surface area (Å²) in [6.45, 7) is 5.77. The molecule has 0 bridgehead atoms. The minimum atomic E-state index is -5.08. The average Bonchev–Trinajstić information content (AvgIpc) is 2.59. The molecule has 0 fully saturated rings. The van der Waals surface area contributed by atoms with E-state index >= 15 is 0 Å². The van der Waals surface area contributed by atoms with Crippen molar-refractivity contribution in [3.63, 3.8) is 0 Å². The van der Waals surface area contributed by atoms with Crippen LogP contribution >= 0.6 is 0 Å². The molecule has 1 amide bonds. The fourth-order valence-corrected chi connectivity index (χ4v) is 2.14. The predicted molar refractivity (Wildman–Crippen MR) is 97.0 cm³/mol. The Bertz CT molecular complexity index is 908. The molecule has 0 saturated carbocycles. The highest BCUT2D eigenvalue weighted by Crippen LogP contribution is 2.21. The fraction of sp³-hybridized carbons (Fsp3) is 0.389. The number of hydrogen-bond acceptors (Lipinski definition) is 5. The fourth-order valence-electron chi connectivity index (χ4n) is 2.14. The maximum absolute atomic E-state index is 12.1. The standard InChI is InChI=1S/C16H20N2O3.C2HF3O2/c1-4-9(2)15(17)16(20)18-11-5-6-12-10(3)7-14(19)21-13(12)8-11;3-2(4,5)1(6)7/h5-9,15H,4,17H2,1-3H3,(H,18,20);(H,6,7). The van der Waals surface area contributed by atoms with Crippen molar-refractivity contribution < 1.29 is 32.3 Å². The summed E-state index contributed by atoms with van der Waals surface area (Å²) in [5.74, 6) is -2.89. The number of carbonyl (C=O) groups is 2. The van der Waals surface area contributed by atoms with E-state index in [1.54, 1.807) is 12.1 Å². The number of carbonyl (C=O) groups excluding carboxylic acids is 1. The van der Waals surface area contributed by atoms with Gasteiger partial charge in [-0.25, -0.2) is 9.59 Å². The zero-order valence-electron chi connectivity index (χ0n) is 15.5. The summed E-state index contributed by atoms with van der Waals surface area (Å²) in [6.07, 6.45) is -4.25. The normalized spacial score (nSPS) is 13.2. The number of carboxylic acid groups (broad SMARTS) is 1. The molecule has 7 nitrogen and oxygen atoms in total. The second kappa shape index (κ2) is 9.36. The number of alkyl halides is 3. The van der Waals surface area contributed by atoms with Crippen LogP contribution in [0.5, 0.6) is 0 Å². The number of nitrogens with one attached hydrogen (secondary N) is 1. The molecule has 2 rings (SSSR count). The van der Waals surface area contributed by atoms with Gasteiger partial charge < -0.3 is 20.6 Å². The zero-order chi connectivity index (χ0) is 21.6. The lowest BCUT2D eigenvalue weighted by Crippen LogP contribution is -2.40. The van der Waals surface area contributed by atoms with Gasteiger partial charge in [-0.05, 0) is 30.5 Å². The van der Waals surface area contributed by atoms with Gasteiger partial charge in [-0.15, -0.1) is 0 Å². The van der Waals surface area contributed by atoms with Crippen LogP contribution in [0.25, 0.3) is 11.0 Å². The minimum absolute atomic E-state index is 0.102. The van der Waals surface area contributed by atoms with Crippen LogP contribution in [0.4, 0.5) is 18.9 Å². The Kier molecular flexibility index (Phi) is 7.74. The number of nitrogens with two attached hydrogens (primary N) is 1. The first-order valence-corrected chi connectivity index (χ1v) is 8.27. The summed E-state index contributed by atoms with van der Waals surface area (Å²) in [7, 11) is 0. The van der Waals surface area contributed by atoms with E-state index in [0.29, 0.717) is 11.3 Å². The van der Waals surface area contributed by atoms with Crippen LogP contribution in [0.15, 0.2) is 33.5 Å². The molecule has 0 aliphatic heterocycles. The predicted octanol–water partition coefficient (Wildman–Crippen LogP) is 3.05. The lowest BCUT2D eigenvalue weighted by atomic mass is 9.99. The van der Waals surface area contributed by atoms with Gasteiger partial charge in [0.25, 0.3) is 0 Å². The van der Waals surface area contributed by atoms with Crippen LogP contribution in [0.1, 0.15) is 25.8 Å². The first-order chi connectivity index (χ1) is 12.9. The number of aryl methyl sites for hydroxylation is 1. The lowest BCUT2D eigenvalue weighted by molar-refractivity contribution is -0.192. The van der Waals surface area contributed by atoms with Crippen molar-refractivity contribution in [2.75, 3.05) is 5.32 Å². The van der Waals surface area contributed by atoms with Crippen molar-refractivity contribution in [3.8, 4) is 0 Å². The molecule has 4 N–H and O–H groups in total. The molecular formula is C18H21F3N2O5. The van der Waals surface area contributed by atoms with Crippen LogP contribution in [-0.2, 0) is 9.59 Å². The summed E-state index contributed by atoms with van der Waals surface area (Å²) in [5.41, 5.74) is 7.36. The second-order valence-electron chi connectivity index (χ2n) is 6.16. The third kappa shape index (κ3) is 6.38. The molecule has 2 unspecified atom stereocenters. The highest BCUT2D eigenvalue weighted by molar-refractivity contribution is 5.96. The van der Waals surface area contributed by atoms with Crippen LogP contribution in [0.2, 0.25) is 0 Å². The van der Waals surface area contributed by atoms with E-state index in [4.69, 9.17) is 20.1 Å². The Morgan fingerprint density at radius 3 is 2.36 bits per heavy atom. The molecule has 0 aliphatic rings. The van der Waals surface area contributed by atoms with E-state index in [1.807, 2.05) is 26.8 Å². The Morgan fingerprint density at radius 2 is 1.86 bits per heavy atom. The van der Waals surface area contributed by atoms with Crippen LogP contribution in [0, 0.1) is 12.8 Å². The highest BCUT2D eigenvalue weighted by Gasteiger charge is 2.38. The smallest absolute Gasteiger partial charge is 0.475 e. The first-order valence-electron chi connectivity index (χ1n) is 8.27. The molecule has 0 aliphatic carbocycles. The number of halogens is 3. The third-order valence-electron chi connectivity index (χ3n) is 4.02. The molecule has 1 heterocycles. The molecule has 1 aromatic carbocycles. The number of benzene rings is 1. The monoisotopic (exact) mass is 402 g/mol. The van der Waals surface area contributed by atoms with Gasteiger partial charge in [0.15, 0.2) is 0 Å². The van der Waals surface area contributed by atoms with Crippen molar-refractivity contribution >= 4 is 28.5 Å². The Balaban J connectivity index is 0.000000480. The van der Waals surface area contributed by atoms with E-state index < -0.39 is 23.8 Å².